The second-order valence-electron chi connectivity index (χ2n) is 4.68. The van der Waals surface area contributed by atoms with Gasteiger partial charge in [-0.3, -0.25) is 4.79 Å². The standard InChI is InChI=1S/C13H12ClF6NOS/c14-11(10(21)22,23-5-4-12(15,16)17)7-8-2-1-3-9(6-8)13(18,19)20/h1-3,6H,4-5,7H2,(H2,21,22). The Morgan fingerprint density at radius 3 is 2.26 bits per heavy atom. The summed E-state index contributed by atoms with van der Waals surface area (Å²) < 4.78 is 72.4. The zero-order chi connectivity index (χ0) is 17.9. The Bertz CT molecular complexity index is 562. The van der Waals surface area contributed by atoms with Crippen LogP contribution in [0.1, 0.15) is 17.5 Å². The molecular weight excluding hydrogens is 368 g/mol. The predicted molar refractivity (Wildman–Crippen MR) is 76.1 cm³/mol. The van der Waals surface area contributed by atoms with E-state index in [0.29, 0.717) is 11.8 Å². The lowest BCUT2D eigenvalue weighted by atomic mass is 10.1. The lowest BCUT2D eigenvalue weighted by Crippen LogP contribution is -2.38. The van der Waals surface area contributed by atoms with Crippen molar-refractivity contribution in [2.45, 2.75) is 29.4 Å². The van der Waals surface area contributed by atoms with E-state index in [1.54, 1.807) is 0 Å². The number of alkyl halides is 7. The van der Waals surface area contributed by atoms with Crippen LogP contribution in [-0.2, 0) is 17.4 Å². The maximum absolute atomic E-state index is 12.6. The minimum atomic E-state index is -4.58. The monoisotopic (exact) mass is 379 g/mol. The minimum absolute atomic E-state index is 0.0492. The maximum Gasteiger partial charge on any atom is 0.416 e. The summed E-state index contributed by atoms with van der Waals surface area (Å²) in [5, 5.41) is 0. The third kappa shape index (κ3) is 6.50. The van der Waals surface area contributed by atoms with Crippen LogP contribution in [0.4, 0.5) is 26.3 Å². The van der Waals surface area contributed by atoms with Gasteiger partial charge in [0.05, 0.1) is 12.0 Å². The molecule has 23 heavy (non-hydrogen) atoms. The molecule has 0 saturated carbocycles. The normalized spacial score (nSPS) is 15.3. The molecule has 2 N–H and O–H groups in total. The average molecular weight is 380 g/mol. The van der Waals surface area contributed by atoms with E-state index in [0.717, 1.165) is 18.2 Å². The maximum atomic E-state index is 12.6. The number of amides is 1. The summed E-state index contributed by atoms with van der Waals surface area (Å²) in [6, 6.07) is 4.03. The van der Waals surface area contributed by atoms with Gasteiger partial charge in [0.15, 0.2) is 4.21 Å². The summed E-state index contributed by atoms with van der Waals surface area (Å²) >= 11 is 6.40. The number of thioether (sulfide) groups is 1. The Labute approximate surface area is 137 Å². The molecule has 0 bridgehead atoms. The first-order chi connectivity index (χ1) is 10.3. The van der Waals surface area contributed by atoms with Crippen molar-refractivity contribution < 1.29 is 31.1 Å². The zero-order valence-corrected chi connectivity index (χ0v) is 13.0. The van der Waals surface area contributed by atoms with Crippen molar-refractivity contribution in [2.75, 3.05) is 5.75 Å². The summed E-state index contributed by atoms with van der Waals surface area (Å²) in [6.45, 7) is 0. The molecule has 1 rings (SSSR count). The lowest BCUT2D eigenvalue weighted by Gasteiger charge is -2.23. The second kappa shape index (κ2) is 7.21. The fourth-order valence-corrected chi connectivity index (χ4v) is 3.11. The molecule has 1 unspecified atom stereocenters. The molecular formula is C13H12ClF6NOS. The van der Waals surface area contributed by atoms with E-state index >= 15 is 0 Å². The number of hydrogen-bond donors (Lipinski definition) is 1. The first-order valence-corrected chi connectivity index (χ1v) is 7.55. The van der Waals surface area contributed by atoms with Crippen molar-refractivity contribution >= 4 is 29.3 Å². The molecule has 1 amide bonds. The van der Waals surface area contributed by atoms with Gasteiger partial charge in [0.2, 0.25) is 5.91 Å². The fourth-order valence-electron chi connectivity index (χ4n) is 1.66. The van der Waals surface area contributed by atoms with Gasteiger partial charge in [-0.25, -0.2) is 0 Å². The third-order valence-electron chi connectivity index (χ3n) is 2.77. The van der Waals surface area contributed by atoms with Crippen LogP contribution in [0.3, 0.4) is 0 Å². The Morgan fingerprint density at radius 2 is 1.78 bits per heavy atom. The van der Waals surface area contributed by atoms with Crippen LogP contribution in [0.15, 0.2) is 24.3 Å². The van der Waals surface area contributed by atoms with Gasteiger partial charge in [-0.15, -0.1) is 11.8 Å². The summed E-state index contributed by atoms with van der Waals surface area (Å²) in [7, 11) is 0. The van der Waals surface area contributed by atoms with E-state index in [1.165, 1.54) is 6.07 Å². The van der Waals surface area contributed by atoms with Crippen LogP contribution in [0.2, 0.25) is 0 Å². The highest BCUT2D eigenvalue weighted by Gasteiger charge is 2.38. The van der Waals surface area contributed by atoms with E-state index in [-0.39, 0.29) is 5.56 Å². The van der Waals surface area contributed by atoms with Crippen LogP contribution in [-0.4, -0.2) is 22.0 Å². The number of primary amides is 1. The molecule has 0 radical (unpaired) electrons. The Balaban J connectivity index is 2.89. The molecule has 1 atom stereocenters. The highest BCUT2D eigenvalue weighted by atomic mass is 35.5. The SMILES string of the molecule is NC(=O)C(Cl)(Cc1cccc(C(F)(F)F)c1)SCCC(F)(F)F. The van der Waals surface area contributed by atoms with E-state index in [1.807, 2.05) is 0 Å². The molecule has 0 aromatic heterocycles. The van der Waals surface area contributed by atoms with Crippen molar-refractivity contribution in [3.63, 3.8) is 0 Å². The highest BCUT2D eigenvalue weighted by molar-refractivity contribution is 8.02. The highest BCUT2D eigenvalue weighted by Crippen LogP contribution is 2.37. The van der Waals surface area contributed by atoms with Crippen LogP contribution in [0.25, 0.3) is 0 Å². The summed E-state index contributed by atoms with van der Waals surface area (Å²) in [5.74, 6) is -1.64. The average Bonchev–Trinajstić information content (AvgIpc) is 2.36. The van der Waals surface area contributed by atoms with Crippen molar-refractivity contribution in [2.24, 2.45) is 5.73 Å². The zero-order valence-electron chi connectivity index (χ0n) is 11.5. The van der Waals surface area contributed by atoms with E-state index < -0.39 is 46.6 Å². The molecule has 0 aliphatic rings. The number of rotatable bonds is 6. The summed E-state index contributed by atoms with van der Waals surface area (Å²) in [5.41, 5.74) is 4.20. The minimum Gasteiger partial charge on any atom is -0.367 e. The van der Waals surface area contributed by atoms with Crippen molar-refractivity contribution in [1.29, 1.82) is 0 Å². The van der Waals surface area contributed by atoms with Gasteiger partial charge in [0.25, 0.3) is 0 Å². The van der Waals surface area contributed by atoms with Crippen LogP contribution < -0.4 is 5.73 Å². The molecule has 0 fully saturated rings. The molecule has 0 aliphatic carbocycles. The molecule has 2 nitrogen and oxygen atoms in total. The Morgan fingerprint density at radius 1 is 1.17 bits per heavy atom. The second-order valence-corrected chi connectivity index (χ2v) is 6.94. The molecule has 0 spiro atoms. The van der Waals surface area contributed by atoms with Gasteiger partial charge in [-0.2, -0.15) is 26.3 Å². The van der Waals surface area contributed by atoms with Gasteiger partial charge in [-0.1, -0.05) is 29.8 Å². The van der Waals surface area contributed by atoms with Crippen molar-refractivity contribution in [1.82, 2.24) is 0 Å². The topological polar surface area (TPSA) is 43.1 Å². The first-order valence-electron chi connectivity index (χ1n) is 6.19. The number of benzene rings is 1. The Hall–Kier alpha value is -1.09. The molecule has 0 heterocycles. The molecule has 1 aromatic rings. The fraction of sp³-hybridized carbons (Fsp3) is 0.462. The van der Waals surface area contributed by atoms with E-state index in [2.05, 4.69) is 0 Å². The van der Waals surface area contributed by atoms with Crippen LogP contribution in [0.5, 0.6) is 0 Å². The molecule has 0 saturated heterocycles. The quantitative estimate of drug-likeness (QED) is 0.589. The smallest absolute Gasteiger partial charge is 0.367 e. The Kier molecular flexibility index (Phi) is 6.25. The van der Waals surface area contributed by atoms with Gasteiger partial charge in [-0.05, 0) is 11.6 Å². The summed E-state index contributed by atoms with van der Waals surface area (Å²) in [6.07, 6.45) is -10.6. The number of carbonyl (C=O) groups excluding carboxylic acids is 1. The predicted octanol–water partition coefficient (Wildman–Crippen LogP) is 4.35. The molecule has 0 aliphatic heterocycles. The molecule has 10 heteroatoms. The van der Waals surface area contributed by atoms with Crippen molar-refractivity contribution in [3.05, 3.63) is 35.4 Å². The van der Waals surface area contributed by atoms with Crippen molar-refractivity contribution in [3.8, 4) is 0 Å². The van der Waals surface area contributed by atoms with Gasteiger partial charge in [0.1, 0.15) is 0 Å². The van der Waals surface area contributed by atoms with Gasteiger partial charge < -0.3 is 5.73 Å². The van der Waals surface area contributed by atoms with Crippen LogP contribution >= 0.6 is 23.4 Å². The van der Waals surface area contributed by atoms with Gasteiger partial charge >= 0.3 is 12.4 Å². The number of halogens is 7. The van der Waals surface area contributed by atoms with E-state index in [9.17, 15) is 31.1 Å². The summed E-state index contributed by atoms with van der Waals surface area (Å²) in [4.78, 5) is 11.4. The lowest BCUT2D eigenvalue weighted by molar-refractivity contribution is -0.137. The van der Waals surface area contributed by atoms with E-state index in [4.69, 9.17) is 17.3 Å². The van der Waals surface area contributed by atoms with Gasteiger partial charge in [0, 0.05) is 12.2 Å². The molecule has 1 aromatic carbocycles. The third-order valence-corrected chi connectivity index (χ3v) is 4.63. The number of hydrogen-bond acceptors (Lipinski definition) is 2. The molecule has 130 valence electrons. The number of carbonyl (C=O) groups is 1. The largest absolute Gasteiger partial charge is 0.416 e. The first kappa shape index (κ1) is 20.0. The van der Waals surface area contributed by atoms with Crippen LogP contribution in [0, 0.1) is 0 Å². The number of nitrogens with two attached hydrogens (primary N) is 1.